The van der Waals surface area contributed by atoms with Crippen LogP contribution in [0.2, 0.25) is 5.02 Å². The van der Waals surface area contributed by atoms with Gasteiger partial charge in [0.15, 0.2) is 0 Å². The second-order valence-electron chi connectivity index (χ2n) is 8.14. The van der Waals surface area contributed by atoms with E-state index in [1.165, 1.54) is 22.5 Å². The summed E-state index contributed by atoms with van der Waals surface area (Å²) >= 11 is 6.24. The van der Waals surface area contributed by atoms with Crippen molar-refractivity contribution in [1.29, 1.82) is 0 Å². The van der Waals surface area contributed by atoms with Crippen molar-refractivity contribution in [3.63, 3.8) is 0 Å². The van der Waals surface area contributed by atoms with Gasteiger partial charge in [-0.2, -0.15) is 4.31 Å². The third-order valence-electron chi connectivity index (χ3n) is 5.98. The van der Waals surface area contributed by atoms with Gasteiger partial charge < -0.3 is 15.0 Å². The Morgan fingerprint density at radius 1 is 1.24 bits per heavy atom. The van der Waals surface area contributed by atoms with Crippen molar-refractivity contribution >= 4 is 38.6 Å². The summed E-state index contributed by atoms with van der Waals surface area (Å²) in [5.74, 6) is 0.364. The maximum absolute atomic E-state index is 13.2. The second-order valence-corrected chi connectivity index (χ2v) is 10.5. The van der Waals surface area contributed by atoms with Crippen molar-refractivity contribution in [2.75, 3.05) is 26.3 Å². The maximum Gasteiger partial charge on any atom is 0.251 e. The average molecular weight is 491 g/mol. The van der Waals surface area contributed by atoms with Gasteiger partial charge in [-0.1, -0.05) is 44.0 Å². The van der Waals surface area contributed by atoms with E-state index in [1.54, 1.807) is 0 Å². The number of carbonyl (C=O) groups is 1. The molecule has 2 heterocycles. The van der Waals surface area contributed by atoms with Gasteiger partial charge in [-0.15, -0.1) is 0 Å². The van der Waals surface area contributed by atoms with Crippen molar-refractivity contribution in [1.82, 2.24) is 19.6 Å². The number of H-pyrrole nitrogens is 1. The topological polar surface area (TPSA) is 104 Å². The Morgan fingerprint density at radius 3 is 2.67 bits per heavy atom. The molecule has 176 valence electrons. The standard InChI is InChI=1S/C23H27ClN4O4S/c1-3-15(2)21(22-25-18-6-4-5-7-19(18)26-22)27-23(29)16-8-9-17(24)20(14-16)33(30,31)28-10-12-32-13-11-28/h4-9,14-15,21H,3,10-13H2,1-2H3,(H,25,26)(H,27,29). The number of benzene rings is 2. The molecule has 1 saturated heterocycles. The van der Waals surface area contributed by atoms with Crippen LogP contribution in [-0.2, 0) is 14.8 Å². The summed E-state index contributed by atoms with van der Waals surface area (Å²) in [6.07, 6.45) is 0.819. The van der Waals surface area contributed by atoms with Gasteiger partial charge in [-0.05, 0) is 36.2 Å². The molecule has 1 aromatic heterocycles. The van der Waals surface area contributed by atoms with Gasteiger partial charge in [0.25, 0.3) is 5.91 Å². The molecule has 0 bridgehead atoms. The van der Waals surface area contributed by atoms with E-state index < -0.39 is 15.9 Å². The highest BCUT2D eigenvalue weighted by Crippen LogP contribution is 2.28. The summed E-state index contributed by atoms with van der Waals surface area (Å²) < 4.78 is 32.8. The predicted octanol–water partition coefficient (Wildman–Crippen LogP) is 3.75. The Balaban J connectivity index is 1.63. The molecule has 2 unspecified atom stereocenters. The van der Waals surface area contributed by atoms with Gasteiger partial charge in [-0.25, -0.2) is 13.4 Å². The molecule has 0 radical (unpaired) electrons. The van der Waals surface area contributed by atoms with Gasteiger partial charge in [-0.3, -0.25) is 4.79 Å². The molecule has 0 spiro atoms. The lowest BCUT2D eigenvalue weighted by molar-refractivity contribution is 0.0730. The fourth-order valence-corrected chi connectivity index (χ4v) is 5.74. The minimum Gasteiger partial charge on any atom is -0.379 e. The van der Waals surface area contributed by atoms with E-state index in [-0.39, 0.29) is 40.5 Å². The highest BCUT2D eigenvalue weighted by Gasteiger charge is 2.30. The SMILES string of the molecule is CCC(C)C(NC(=O)c1ccc(Cl)c(S(=O)(=O)N2CCOCC2)c1)c1nc2ccccc2[nH]1. The van der Waals surface area contributed by atoms with E-state index in [2.05, 4.69) is 15.3 Å². The van der Waals surface area contributed by atoms with Crippen LogP contribution in [0.1, 0.15) is 42.5 Å². The highest BCUT2D eigenvalue weighted by molar-refractivity contribution is 7.89. The Bertz CT molecular complexity index is 1220. The number of carbonyl (C=O) groups excluding carboxylic acids is 1. The number of morpholine rings is 1. The Kier molecular flexibility index (Phi) is 7.04. The number of fused-ring (bicyclic) bond motifs is 1. The van der Waals surface area contributed by atoms with E-state index >= 15 is 0 Å². The summed E-state index contributed by atoms with van der Waals surface area (Å²) in [6.45, 7) is 5.22. The fraction of sp³-hybridized carbons (Fsp3) is 0.391. The number of halogens is 1. The quantitative estimate of drug-likeness (QED) is 0.524. The van der Waals surface area contributed by atoms with Gasteiger partial charge in [0.2, 0.25) is 10.0 Å². The van der Waals surface area contributed by atoms with E-state index in [0.29, 0.717) is 19.0 Å². The average Bonchev–Trinajstić information content (AvgIpc) is 3.26. The van der Waals surface area contributed by atoms with Gasteiger partial charge >= 0.3 is 0 Å². The van der Waals surface area contributed by atoms with Crippen molar-refractivity contribution in [3.8, 4) is 0 Å². The molecule has 33 heavy (non-hydrogen) atoms. The van der Waals surface area contributed by atoms with Crippen molar-refractivity contribution in [3.05, 3.63) is 58.9 Å². The number of amides is 1. The van der Waals surface area contributed by atoms with Crippen LogP contribution >= 0.6 is 11.6 Å². The van der Waals surface area contributed by atoms with Crippen molar-refractivity contribution in [2.24, 2.45) is 5.92 Å². The van der Waals surface area contributed by atoms with E-state index in [9.17, 15) is 13.2 Å². The van der Waals surface area contributed by atoms with Crippen molar-refractivity contribution in [2.45, 2.75) is 31.2 Å². The molecule has 1 aliphatic heterocycles. The van der Waals surface area contributed by atoms with Gasteiger partial charge in [0.1, 0.15) is 10.7 Å². The summed E-state index contributed by atoms with van der Waals surface area (Å²) in [7, 11) is -3.84. The largest absolute Gasteiger partial charge is 0.379 e. The highest BCUT2D eigenvalue weighted by atomic mass is 35.5. The van der Waals surface area contributed by atoms with Crippen LogP contribution in [-0.4, -0.2) is 54.9 Å². The molecule has 2 aromatic carbocycles. The summed E-state index contributed by atoms with van der Waals surface area (Å²) in [5.41, 5.74) is 1.93. The molecule has 1 fully saturated rings. The maximum atomic E-state index is 13.2. The fourth-order valence-electron chi connectivity index (χ4n) is 3.83. The number of imidazole rings is 1. The number of sulfonamides is 1. The smallest absolute Gasteiger partial charge is 0.251 e. The number of aromatic nitrogens is 2. The molecular weight excluding hydrogens is 464 g/mol. The van der Waals surface area contributed by atoms with Crippen LogP contribution in [0.15, 0.2) is 47.4 Å². The summed E-state index contributed by atoms with van der Waals surface area (Å²) in [5, 5.41) is 3.11. The Morgan fingerprint density at radius 2 is 1.97 bits per heavy atom. The van der Waals surface area contributed by atoms with E-state index in [4.69, 9.17) is 16.3 Å². The number of aromatic amines is 1. The Hall–Kier alpha value is -2.46. The number of hydrogen-bond donors (Lipinski definition) is 2. The molecular formula is C23H27ClN4O4S. The van der Waals surface area contributed by atoms with Crippen LogP contribution in [0.3, 0.4) is 0 Å². The first-order valence-electron chi connectivity index (χ1n) is 10.9. The zero-order valence-electron chi connectivity index (χ0n) is 18.5. The summed E-state index contributed by atoms with van der Waals surface area (Å²) in [4.78, 5) is 21.1. The predicted molar refractivity (Wildman–Crippen MR) is 127 cm³/mol. The van der Waals surface area contributed by atoms with Gasteiger partial charge in [0, 0.05) is 18.7 Å². The minimum atomic E-state index is -3.84. The number of hydrogen-bond acceptors (Lipinski definition) is 5. The van der Waals surface area contributed by atoms with E-state index in [1.807, 2.05) is 38.1 Å². The zero-order chi connectivity index (χ0) is 23.6. The molecule has 0 saturated carbocycles. The molecule has 2 atom stereocenters. The van der Waals surface area contributed by atoms with Gasteiger partial charge in [0.05, 0.1) is 35.3 Å². The zero-order valence-corrected chi connectivity index (χ0v) is 20.1. The molecule has 4 rings (SSSR count). The molecule has 3 aromatic rings. The first-order chi connectivity index (χ1) is 15.8. The molecule has 8 nitrogen and oxygen atoms in total. The minimum absolute atomic E-state index is 0.0776. The third-order valence-corrected chi connectivity index (χ3v) is 8.36. The lowest BCUT2D eigenvalue weighted by Gasteiger charge is -2.26. The molecule has 2 N–H and O–H groups in total. The third kappa shape index (κ3) is 4.91. The molecule has 1 amide bonds. The number of para-hydroxylation sites is 2. The van der Waals surface area contributed by atoms with Crippen LogP contribution in [0.4, 0.5) is 0 Å². The van der Waals surface area contributed by atoms with Crippen molar-refractivity contribution < 1.29 is 17.9 Å². The second kappa shape index (κ2) is 9.80. The van der Waals surface area contributed by atoms with Crippen LogP contribution in [0.25, 0.3) is 11.0 Å². The lowest BCUT2D eigenvalue weighted by Crippen LogP contribution is -2.40. The number of ether oxygens (including phenoxy) is 1. The lowest BCUT2D eigenvalue weighted by atomic mass is 9.98. The first kappa shape index (κ1) is 23.7. The molecule has 10 heteroatoms. The molecule has 0 aliphatic carbocycles. The Labute approximate surface area is 198 Å². The first-order valence-corrected chi connectivity index (χ1v) is 12.8. The van der Waals surface area contributed by atoms with Crippen LogP contribution in [0.5, 0.6) is 0 Å². The number of nitrogens with zero attached hydrogens (tertiary/aromatic N) is 2. The number of nitrogens with one attached hydrogen (secondary N) is 2. The van der Waals surface area contributed by atoms with E-state index in [0.717, 1.165) is 17.5 Å². The normalized spacial score (nSPS) is 17.1. The number of rotatable bonds is 7. The van der Waals surface area contributed by atoms with Crippen LogP contribution < -0.4 is 5.32 Å². The molecule has 1 aliphatic rings. The monoisotopic (exact) mass is 490 g/mol. The summed E-state index contributed by atoms with van der Waals surface area (Å²) in [6, 6.07) is 11.6. The van der Waals surface area contributed by atoms with Crippen LogP contribution in [0, 0.1) is 5.92 Å².